The lowest BCUT2D eigenvalue weighted by Gasteiger charge is -2.33. The summed E-state index contributed by atoms with van der Waals surface area (Å²) in [5, 5.41) is 36.4. The van der Waals surface area contributed by atoms with Gasteiger partial charge in [0.25, 0.3) is 23.6 Å². The monoisotopic (exact) mass is 2080 g/mol. The van der Waals surface area contributed by atoms with Gasteiger partial charge in [-0.3, -0.25) is 38.8 Å². The fraction of sp³-hybridized carbons (Fsp3) is 0.303. The summed E-state index contributed by atoms with van der Waals surface area (Å²) >= 11 is 7.25. The number of carbonyl (C=O) groups is 4. The smallest absolute Gasteiger partial charge is 0.265 e. The first-order valence-corrected chi connectivity index (χ1v) is 54.8. The number of nitrogens with zero attached hydrogens (tertiary/aromatic N) is 4. The number of halogens is 2. The van der Waals surface area contributed by atoms with E-state index in [-0.39, 0.29) is 34.5 Å². The highest BCUT2D eigenvalue weighted by atomic mass is 79.9. The molecule has 0 fully saturated rings. The molecule has 12 aromatic rings. The third-order valence-electron chi connectivity index (χ3n) is 31.9. The highest BCUT2D eigenvalue weighted by molar-refractivity contribution is 9.10. The summed E-state index contributed by atoms with van der Waals surface area (Å²) in [6, 6.07) is 93.1. The molecule has 0 bridgehead atoms. The van der Waals surface area contributed by atoms with Crippen LogP contribution in [0.3, 0.4) is 0 Å². The molecule has 0 saturated carbocycles. The highest BCUT2D eigenvalue weighted by Gasteiger charge is 2.55. The molecule has 12 aromatic carbocycles. The number of aliphatic hydroxyl groups is 4. The predicted molar refractivity (Wildman–Crippen MR) is 615 cm³/mol. The molecule has 12 nitrogen and oxygen atoms in total. The van der Waals surface area contributed by atoms with Crippen LogP contribution in [0, 0.1) is 13.8 Å². The second-order valence-electron chi connectivity index (χ2n) is 43.5. The standard InChI is InChI=1S/C61H56N2O2.C34H18Br2N2O2.C25H32B2.2C6H14O2/c1-5-7-9-17-31-61(32-18-10-8-6-2)53-34-40(4)23-27-45(53)46-29-25-44(36-54(46)61)43-26-30-48-50(35-43)52(42-21-15-12-16-22-42)38-63-58(48)56-55(59(63)64)57-47-28-24-39(3)33-49(47)51(37-62(57)60(56)65)41-19-13-11-14-20-41;35-21-11-13-23-25(15-21)27(19-7-3-1-4-8-19)17-37-31(23)29-30(33(37)39)32-24-14-12-22(36)16-26(24)28(18-38(32)34(29)40)20-9-5-2-6-10-20;1-3-5-7-9-15-25(16-10-8-6-4-2)23-17-19(26)11-13-21(23)22-14-12-20(27)18-24(22)25;2*1-5(2,7)6(3,4)8/h11-16,19-30,33-38H,5-10,17-18,31-32H2,1-4H3;1-18H;11-14,17-18H,3-10,15-16H2,1-2H3;2*7-8H,1-4H3. The van der Waals surface area contributed by atoms with Crippen molar-refractivity contribution in [1.82, 2.24) is 19.6 Å². The van der Waals surface area contributed by atoms with Gasteiger partial charge in [0.2, 0.25) is 0 Å². The van der Waals surface area contributed by atoms with Gasteiger partial charge in [-0.05, 0) is 231 Å². The van der Waals surface area contributed by atoms with E-state index in [1.807, 2.05) is 146 Å². The van der Waals surface area contributed by atoms with Crippen molar-refractivity contribution in [2.75, 3.05) is 0 Å². The van der Waals surface area contributed by atoms with Crippen LogP contribution in [-0.4, -0.2) is 102 Å². The Kier molecular flexibility index (Phi) is 30.7. The fourth-order valence-electron chi connectivity index (χ4n) is 22.6. The Morgan fingerprint density at radius 3 is 0.804 bits per heavy atom. The van der Waals surface area contributed by atoms with Crippen molar-refractivity contribution in [3.05, 3.63) is 423 Å². The van der Waals surface area contributed by atoms with Gasteiger partial charge in [0, 0.05) is 89.1 Å². The van der Waals surface area contributed by atoms with Gasteiger partial charge >= 0.3 is 0 Å². The molecule has 0 aromatic heterocycles. The summed E-state index contributed by atoms with van der Waals surface area (Å²) in [4.78, 5) is 65.4. The number of benzene rings is 12. The lowest BCUT2D eigenvalue weighted by molar-refractivity contribution is -0.122. The van der Waals surface area contributed by atoms with E-state index in [0.717, 1.165) is 133 Å². The first kappa shape index (κ1) is 105. The van der Waals surface area contributed by atoms with Gasteiger partial charge < -0.3 is 20.4 Å². The molecule has 8 heterocycles. The fourth-order valence-corrected chi connectivity index (χ4v) is 23.3. The number of carbonyl (C=O) groups excluding carboxylic acids is 4. The van der Waals surface area contributed by atoms with Gasteiger partial charge in [0.1, 0.15) is 15.7 Å². The van der Waals surface area contributed by atoms with Crippen molar-refractivity contribution in [3.63, 3.8) is 0 Å². The van der Waals surface area contributed by atoms with E-state index < -0.39 is 22.4 Å². The van der Waals surface area contributed by atoms with Gasteiger partial charge in [0.05, 0.1) is 67.5 Å². The van der Waals surface area contributed by atoms with Crippen LogP contribution in [-0.2, 0) is 30.0 Å². The summed E-state index contributed by atoms with van der Waals surface area (Å²) in [6.45, 7) is 26.1. The summed E-state index contributed by atoms with van der Waals surface area (Å²) < 4.78 is 1.86. The van der Waals surface area contributed by atoms with Crippen LogP contribution in [0.4, 0.5) is 0 Å². The Bertz CT molecular complexity index is 7210. The first-order valence-electron chi connectivity index (χ1n) is 53.2. The van der Waals surface area contributed by atoms with Crippen molar-refractivity contribution in [3.8, 4) is 33.4 Å². The number of fused-ring (bicyclic) bond motifs is 20. The molecule has 4 amide bonds. The normalized spacial score (nSPS) is 15.8. The molecule has 0 saturated heterocycles. The summed E-state index contributed by atoms with van der Waals surface area (Å²) in [5.41, 5.74) is 33.8. The Morgan fingerprint density at radius 2 is 0.500 bits per heavy atom. The van der Waals surface area contributed by atoms with Gasteiger partial charge in [-0.2, -0.15) is 0 Å². The zero-order valence-corrected chi connectivity index (χ0v) is 91.1. The second-order valence-corrected chi connectivity index (χ2v) is 45.3. The topological polar surface area (TPSA) is 162 Å². The van der Waals surface area contributed by atoms with Gasteiger partial charge in [-0.1, -0.05) is 415 Å². The molecule has 148 heavy (non-hydrogen) atoms. The molecular formula is C132H134B2Br2N4O8. The van der Waals surface area contributed by atoms with Crippen LogP contribution < -0.4 is 10.9 Å². The van der Waals surface area contributed by atoms with E-state index >= 15 is 9.59 Å². The molecule has 4 N–H and O–H groups in total. The maximum absolute atomic E-state index is 15.0. The van der Waals surface area contributed by atoms with Crippen molar-refractivity contribution in [1.29, 1.82) is 0 Å². The van der Waals surface area contributed by atoms with Crippen LogP contribution in [0.25, 0.3) is 78.5 Å². The molecule has 750 valence electrons. The van der Waals surface area contributed by atoms with Crippen LogP contribution >= 0.6 is 31.9 Å². The quantitative estimate of drug-likeness (QED) is 0.0292. The predicted octanol–water partition coefficient (Wildman–Crippen LogP) is 29.2. The van der Waals surface area contributed by atoms with E-state index in [1.165, 1.54) is 171 Å². The number of hydrogen-bond acceptors (Lipinski definition) is 8. The zero-order chi connectivity index (χ0) is 105. The number of hydrogen-bond donors (Lipinski definition) is 4. The Hall–Kier alpha value is -12.6. The number of amides is 4. The van der Waals surface area contributed by atoms with Gasteiger partial charge in [-0.15, -0.1) is 0 Å². The van der Waals surface area contributed by atoms with Gasteiger partial charge in [0.15, 0.2) is 0 Å². The SMILES string of the molecule is CC(C)(O)C(C)(C)O.CC(C)(O)C(C)(C)O.CCCCCCC1(CCCCCC)c2cc(C)ccc2-c2ccc(-c3ccc4c(c3)C(c3ccccc3)=CN3C(=O)C5=C6c7ccc(C)cc7C(c7ccccc7)=CN6C(=O)C5=C43)cc21.O=C1C2=C3c4ccc(Br)cc4C(c4ccccc4)=CN3C(=O)C2=C2c3ccc(Br)cc3C(c3ccccc3)=CN12.[B]c1ccc2c(c1)C(CCCCCC)(CCCCCC)c1cc([B])ccc1-2. The molecule has 8 aliphatic heterocycles. The molecule has 22 rings (SSSR count). The van der Waals surface area contributed by atoms with Crippen LogP contribution in [0.5, 0.6) is 0 Å². The lowest BCUT2D eigenvalue weighted by atomic mass is 9.69. The minimum atomic E-state index is -1.01. The van der Waals surface area contributed by atoms with E-state index in [9.17, 15) is 9.59 Å². The highest BCUT2D eigenvalue weighted by Crippen LogP contribution is 2.61. The average Bonchev–Trinajstić information content (AvgIpc) is 1.53. The molecule has 0 spiro atoms. The Morgan fingerprint density at radius 1 is 0.257 bits per heavy atom. The molecule has 0 unspecified atom stereocenters. The molecule has 10 aliphatic rings. The third kappa shape index (κ3) is 20.1. The van der Waals surface area contributed by atoms with Crippen LogP contribution in [0.2, 0.25) is 0 Å². The van der Waals surface area contributed by atoms with Crippen molar-refractivity contribution in [2.45, 2.75) is 259 Å². The number of unbranched alkanes of at least 4 members (excludes halogenated alkanes) is 12. The van der Waals surface area contributed by atoms with E-state index in [2.05, 4.69) is 219 Å². The first-order chi connectivity index (χ1) is 70.9. The third-order valence-corrected chi connectivity index (χ3v) is 32.9. The van der Waals surface area contributed by atoms with E-state index in [1.54, 1.807) is 75.0 Å². The molecule has 16 heteroatoms. The minimum absolute atomic E-state index is 0.0281. The maximum Gasteiger partial charge on any atom is 0.265 e. The van der Waals surface area contributed by atoms with Crippen LogP contribution in [0.15, 0.2) is 323 Å². The largest absolute Gasteiger partial charge is 0.387 e. The lowest BCUT2D eigenvalue weighted by Crippen LogP contribution is -2.44. The molecule has 4 radical (unpaired) electrons. The van der Waals surface area contributed by atoms with Gasteiger partial charge in [-0.25, -0.2) is 0 Å². The van der Waals surface area contributed by atoms with Crippen LogP contribution in [0.1, 0.15) is 312 Å². The average molecular weight is 2090 g/mol. The summed E-state index contributed by atoms with van der Waals surface area (Å²) in [6.07, 6.45) is 32.7. The van der Waals surface area contributed by atoms with Crippen molar-refractivity contribution >= 4 is 127 Å². The zero-order valence-electron chi connectivity index (χ0n) is 88.0. The second kappa shape index (κ2) is 43.1. The molecule has 2 aliphatic carbocycles. The number of rotatable bonds is 27. The summed E-state index contributed by atoms with van der Waals surface area (Å²) in [5.74, 6) is -0.726. The van der Waals surface area contributed by atoms with Crippen molar-refractivity contribution in [2.24, 2.45) is 0 Å². The van der Waals surface area contributed by atoms with Crippen molar-refractivity contribution < 1.29 is 39.6 Å². The van der Waals surface area contributed by atoms with E-state index in [4.69, 9.17) is 36.1 Å². The molecular weight excluding hydrogens is 1950 g/mol. The summed E-state index contributed by atoms with van der Waals surface area (Å²) in [7, 11) is 12.5. The number of aryl methyl sites for hydroxylation is 2. The Labute approximate surface area is 894 Å². The molecule has 0 atom stereocenters. The Balaban J connectivity index is 0.000000146. The maximum atomic E-state index is 15.0. The van der Waals surface area contributed by atoms with E-state index in [0.29, 0.717) is 45.1 Å². The minimum Gasteiger partial charge on any atom is -0.387 e.